The molecular weight excluding hydrogens is 346 g/mol. The van der Waals surface area contributed by atoms with E-state index in [9.17, 15) is 4.79 Å². The number of fused-ring (bicyclic) bond motifs is 3. The summed E-state index contributed by atoms with van der Waals surface area (Å²) in [7, 11) is 4.79. The van der Waals surface area contributed by atoms with Gasteiger partial charge in [-0.3, -0.25) is 9.20 Å². The number of hydrogen-bond acceptors (Lipinski definition) is 5. The van der Waals surface area contributed by atoms with Crippen LogP contribution in [0.1, 0.15) is 5.56 Å². The molecule has 0 unspecified atom stereocenters. The lowest BCUT2D eigenvalue weighted by atomic mass is 10.2. The van der Waals surface area contributed by atoms with Crippen LogP contribution in [-0.4, -0.2) is 35.3 Å². The summed E-state index contributed by atoms with van der Waals surface area (Å²) in [6, 6.07) is 11.3. The van der Waals surface area contributed by atoms with Gasteiger partial charge in [-0.05, 0) is 17.7 Å². The van der Waals surface area contributed by atoms with Crippen molar-refractivity contribution in [1.82, 2.24) is 14.0 Å². The van der Waals surface area contributed by atoms with Crippen molar-refractivity contribution in [3.8, 4) is 17.2 Å². The Labute approximate surface area is 155 Å². The molecule has 0 radical (unpaired) electrons. The van der Waals surface area contributed by atoms with E-state index < -0.39 is 0 Å². The molecule has 138 valence electrons. The number of nitrogens with zero attached hydrogens (tertiary/aromatic N) is 3. The molecule has 0 spiro atoms. The Morgan fingerprint density at radius 3 is 2.19 bits per heavy atom. The van der Waals surface area contributed by atoms with Gasteiger partial charge in [0.1, 0.15) is 11.3 Å². The van der Waals surface area contributed by atoms with Crippen LogP contribution in [0.5, 0.6) is 17.2 Å². The van der Waals surface area contributed by atoms with E-state index in [1.807, 2.05) is 36.4 Å². The van der Waals surface area contributed by atoms with Gasteiger partial charge in [0.2, 0.25) is 0 Å². The summed E-state index contributed by atoms with van der Waals surface area (Å²) in [6.07, 6.45) is 3.20. The van der Waals surface area contributed by atoms with Gasteiger partial charge in [0.05, 0.1) is 51.4 Å². The molecule has 0 fully saturated rings. The Morgan fingerprint density at radius 2 is 1.56 bits per heavy atom. The van der Waals surface area contributed by atoms with Crippen molar-refractivity contribution in [3.63, 3.8) is 0 Å². The van der Waals surface area contributed by atoms with Crippen LogP contribution in [0.3, 0.4) is 0 Å². The quantitative estimate of drug-likeness (QED) is 0.544. The molecule has 0 atom stereocenters. The van der Waals surface area contributed by atoms with Crippen molar-refractivity contribution >= 4 is 16.6 Å². The molecule has 0 aliphatic heterocycles. The SMILES string of the molecule is COc1ccc(Cn2c(=O)c3cncn3c3cc(OC)c(OC)cc32)cc1. The average Bonchev–Trinajstić information content (AvgIpc) is 3.21. The summed E-state index contributed by atoms with van der Waals surface area (Å²) in [5.41, 5.74) is 2.91. The minimum Gasteiger partial charge on any atom is -0.497 e. The largest absolute Gasteiger partial charge is 0.497 e. The third-order valence-electron chi connectivity index (χ3n) is 4.63. The Hall–Kier alpha value is -3.48. The van der Waals surface area contributed by atoms with Crippen LogP contribution < -0.4 is 19.8 Å². The third kappa shape index (κ3) is 2.77. The second-order valence-corrected chi connectivity index (χ2v) is 6.08. The van der Waals surface area contributed by atoms with Crippen molar-refractivity contribution in [3.05, 3.63) is 64.8 Å². The van der Waals surface area contributed by atoms with Gasteiger partial charge in [-0.15, -0.1) is 0 Å². The fourth-order valence-corrected chi connectivity index (χ4v) is 3.23. The lowest BCUT2D eigenvalue weighted by Gasteiger charge is -2.15. The highest BCUT2D eigenvalue weighted by molar-refractivity contribution is 5.82. The highest BCUT2D eigenvalue weighted by Crippen LogP contribution is 2.32. The maximum Gasteiger partial charge on any atom is 0.277 e. The summed E-state index contributed by atoms with van der Waals surface area (Å²) >= 11 is 0. The molecule has 0 aliphatic rings. The van der Waals surface area contributed by atoms with Gasteiger partial charge >= 0.3 is 0 Å². The molecular formula is C20H19N3O4. The van der Waals surface area contributed by atoms with E-state index in [1.165, 1.54) is 0 Å². The lowest BCUT2D eigenvalue weighted by Crippen LogP contribution is -2.23. The standard InChI is InChI=1S/C20H19N3O4/c1-25-14-6-4-13(5-7-14)11-22-15-8-18(26-2)19(27-3)9-16(15)23-12-21-10-17(23)20(22)24/h4-10,12H,11H2,1-3H3. The van der Waals surface area contributed by atoms with Gasteiger partial charge in [-0.1, -0.05) is 12.1 Å². The molecule has 0 saturated heterocycles. The number of ether oxygens (including phenoxy) is 3. The van der Waals surface area contributed by atoms with Crippen molar-refractivity contribution < 1.29 is 14.2 Å². The normalized spacial score (nSPS) is 11.1. The first-order chi connectivity index (χ1) is 13.2. The average molecular weight is 365 g/mol. The van der Waals surface area contributed by atoms with Crippen LogP contribution in [0.2, 0.25) is 0 Å². The third-order valence-corrected chi connectivity index (χ3v) is 4.63. The van der Waals surface area contributed by atoms with Crippen LogP contribution in [0.15, 0.2) is 53.7 Å². The Kier molecular flexibility index (Phi) is 4.19. The van der Waals surface area contributed by atoms with E-state index in [1.54, 1.807) is 42.8 Å². The Balaban J connectivity index is 1.98. The highest BCUT2D eigenvalue weighted by atomic mass is 16.5. The van der Waals surface area contributed by atoms with Crippen LogP contribution >= 0.6 is 0 Å². The van der Waals surface area contributed by atoms with Gasteiger partial charge in [-0.25, -0.2) is 4.98 Å². The predicted molar refractivity (Wildman–Crippen MR) is 102 cm³/mol. The molecule has 4 aromatic rings. The number of benzene rings is 2. The van der Waals surface area contributed by atoms with Gasteiger partial charge in [0, 0.05) is 12.1 Å². The number of rotatable bonds is 5. The first-order valence-electron chi connectivity index (χ1n) is 8.39. The van der Waals surface area contributed by atoms with E-state index in [-0.39, 0.29) is 5.56 Å². The molecule has 2 aromatic heterocycles. The Morgan fingerprint density at radius 1 is 0.889 bits per heavy atom. The lowest BCUT2D eigenvalue weighted by molar-refractivity contribution is 0.355. The summed E-state index contributed by atoms with van der Waals surface area (Å²) in [5.74, 6) is 1.93. The summed E-state index contributed by atoms with van der Waals surface area (Å²) in [5, 5.41) is 0. The van der Waals surface area contributed by atoms with Crippen LogP contribution in [-0.2, 0) is 6.54 Å². The number of methoxy groups -OCH3 is 3. The predicted octanol–water partition coefficient (Wildman–Crippen LogP) is 2.72. The van der Waals surface area contributed by atoms with Crippen molar-refractivity contribution in [1.29, 1.82) is 0 Å². The minimum absolute atomic E-state index is 0.122. The number of hydrogen-bond donors (Lipinski definition) is 0. The second kappa shape index (κ2) is 6.68. The molecule has 4 rings (SSSR count). The van der Waals surface area contributed by atoms with Gasteiger partial charge in [-0.2, -0.15) is 0 Å². The van der Waals surface area contributed by atoms with Gasteiger partial charge in [0.25, 0.3) is 5.56 Å². The van der Waals surface area contributed by atoms with E-state index >= 15 is 0 Å². The van der Waals surface area contributed by atoms with Crippen LogP contribution in [0, 0.1) is 0 Å². The minimum atomic E-state index is -0.122. The van der Waals surface area contributed by atoms with Crippen molar-refractivity contribution in [2.24, 2.45) is 0 Å². The van der Waals surface area contributed by atoms with Gasteiger partial charge < -0.3 is 18.8 Å². The van der Waals surface area contributed by atoms with E-state index in [0.717, 1.165) is 22.3 Å². The number of aromatic nitrogens is 3. The molecule has 0 saturated carbocycles. The molecule has 0 aliphatic carbocycles. The molecule has 0 bridgehead atoms. The second-order valence-electron chi connectivity index (χ2n) is 6.08. The molecule has 2 heterocycles. The first-order valence-corrected chi connectivity index (χ1v) is 8.39. The zero-order valence-electron chi connectivity index (χ0n) is 15.3. The van der Waals surface area contributed by atoms with Crippen molar-refractivity contribution in [2.45, 2.75) is 6.54 Å². The summed E-state index contributed by atoms with van der Waals surface area (Å²) in [4.78, 5) is 17.2. The molecule has 7 nitrogen and oxygen atoms in total. The van der Waals surface area contributed by atoms with E-state index in [4.69, 9.17) is 14.2 Å². The fourth-order valence-electron chi connectivity index (χ4n) is 3.23. The highest BCUT2D eigenvalue weighted by Gasteiger charge is 2.15. The fraction of sp³-hybridized carbons (Fsp3) is 0.200. The summed E-state index contributed by atoms with van der Waals surface area (Å²) in [6.45, 7) is 0.413. The topological polar surface area (TPSA) is 67.0 Å². The smallest absolute Gasteiger partial charge is 0.277 e. The maximum atomic E-state index is 13.1. The monoisotopic (exact) mass is 365 g/mol. The molecule has 0 amide bonds. The summed E-state index contributed by atoms with van der Waals surface area (Å²) < 4.78 is 19.5. The molecule has 2 aromatic carbocycles. The molecule has 27 heavy (non-hydrogen) atoms. The zero-order chi connectivity index (χ0) is 19.0. The van der Waals surface area contributed by atoms with Crippen LogP contribution in [0.25, 0.3) is 16.6 Å². The first kappa shape index (κ1) is 17.0. The Bertz CT molecular complexity index is 1180. The van der Waals surface area contributed by atoms with Crippen molar-refractivity contribution in [2.75, 3.05) is 21.3 Å². The van der Waals surface area contributed by atoms with E-state index in [2.05, 4.69) is 4.98 Å². The zero-order valence-corrected chi connectivity index (χ0v) is 15.3. The van der Waals surface area contributed by atoms with Gasteiger partial charge in [0.15, 0.2) is 11.5 Å². The van der Waals surface area contributed by atoms with E-state index in [0.29, 0.717) is 23.6 Å². The molecule has 7 heteroatoms. The molecule has 0 N–H and O–H groups in total. The van der Waals surface area contributed by atoms with Crippen LogP contribution in [0.4, 0.5) is 0 Å². The number of imidazole rings is 1. The maximum absolute atomic E-state index is 13.1.